The summed E-state index contributed by atoms with van der Waals surface area (Å²) >= 11 is 0. The van der Waals surface area contributed by atoms with Gasteiger partial charge in [0, 0.05) is 18.8 Å². The van der Waals surface area contributed by atoms with Gasteiger partial charge in [-0.25, -0.2) is 8.42 Å². The summed E-state index contributed by atoms with van der Waals surface area (Å²) in [7, 11) is -2.95. The van der Waals surface area contributed by atoms with E-state index in [1.807, 2.05) is 31.2 Å². The molecular weight excluding hydrogens is 274 g/mol. The highest BCUT2D eigenvalue weighted by molar-refractivity contribution is 7.91. The number of benzene rings is 1. The number of sulfone groups is 1. The number of nitrogens with one attached hydrogen (secondary N) is 1. The SMILES string of the molecule is Cc1cccc(OCCNC2CCCC2S(C)(=O)=O)c1. The molecule has 0 radical (unpaired) electrons. The first kappa shape index (κ1) is 15.3. The Morgan fingerprint density at radius 3 is 2.85 bits per heavy atom. The van der Waals surface area contributed by atoms with Gasteiger partial charge in [0.25, 0.3) is 0 Å². The first-order valence-corrected chi connectivity index (χ1v) is 9.04. The van der Waals surface area contributed by atoms with E-state index >= 15 is 0 Å². The van der Waals surface area contributed by atoms with Crippen molar-refractivity contribution < 1.29 is 13.2 Å². The number of ether oxygens (including phenoxy) is 1. The molecule has 0 heterocycles. The quantitative estimate of drug-likeness (QED) is 0.815. The Morgan fingerprint density at radius 1 is 1.35 bits per heavy atom. The number of rotatable bonds is 6. The molecule has 112 valence electrons. The lowest BCUT2D eigenvalue weighted by Gasteiger charge is -2.19. The van der Waals surface area contributed by atoms with Crippen molar-refractivity contribution in [2.45, 2.75) is 37.5 Å². The predicted molar refractivity (Wildman–Crippen MR) is 80.9 cm³/mol. The summed E-state index contributed by atoms with van der Waals surface area (Å²) in [5.41, 5.74) is 1.17. The van der Waals surface area contributed by atoms with Crippen molar-refractivity contribution in [3.8, 4) is 5.75 Å². The summed E-state index contributed by atoms with van der Waals surface area (Å²) in [6, 6.07) is 8.00. The fourth-order valence-corrected chi connectivity index (χ4v) is 4.21. The van der Waals surface area contributed by atoms with Gasteiger partial charge in [0.2, 0.25) is 0 Å². The molecule has 1 aliphatic rings. The molecular formula is C15H23NO3S. The summed E-state index contributed by atoms with van der Waals surface area (Å²) < 4.78 is 29.0. The maximum Gasteiger partial charge on any atom is 0.151 e. The third-order valence-electron chi connectivity index (χ3n) is 3.77. The standard InChI is InChI=1S/C15H23NO3S/c1-12-5-3-6-13(11-12)19-10-9-16-14-7-4-8-15(14)20(2,17)18/h3,5-6,11,14-16H,4,7-10H2,1-2H3. The maximum atomic E-state index is 11.7. The largest absolute Gasteiger partial charge is 0.492 e. The zero-order valence-electron chi connectivity index (χ0n) is 12.1. The van der Waals surface area contributed by atoms with Crippen LogP contribution < -0.4 is 10.1 Å². The molecule has 1 N–H and O–H groups in total. The van der Waals surface area contributed by atoms with Crippen molar-refractivity contribution in [3.63, 3.8) is 0 Å². The van der Waals surface area contributed by atoms with Crippen LogP contribution in [0.2, 0.25) is 0 Å². The van der Waals surface area contributed by atoms with E-state index in [1.54, 1.807) is 0 Å². The Labute approximate surface area is 121 Å². The van der Waals surface area contributed by atoms with Crippen LogP contribution in [0.3, 0.4) is 0 Å². The van der Waals surface area contributed by atoms with E-state index in [1.165, 1.54) is 11.8 Å². The highest BCUT2D eigenvalue weighted by Gasteiger charge is 2.34. The molecule has 2 unspecified atom stereocenters. The Bertz CT molecular complexity index is 542. The smallest absolute Gasteiger partial charge is 0.151 e. The Kier molecular flexibility index (Phi) is 5.05. The van der Waals surface area contributed by atoms with E-state index in [9.17, 15) is 8.42 Å². The summed E-state index contributed by atoms with van der Waals surface area (Å²) in [6.45, 7) is 3.25. The Balaban J connectivity index is 1.76. The van der Waals surface area contributed by atoms with Gasteiger partial charge in [-0.05, 0) is 37.5 Å². The van der Waals surface area contributed by atoms with Crippen molar-refractivity contribution in [2.24, 2.45) is 0 Å². The van der Waals surface area contributed by atoms with Gasteiger partial charge in [0.05, 0.1) is 5.25 Å². The maximum absolute atomic E-state index is 11.7. The van der Waals surface area contributed by atoms with Gasteiger partial charge in [-0.3, -0.25) is 0 Å². The average molecular weight is 297 g/mol. The monoisotopic (exact) mass is 297 g/mol. The third kappa shape index (κ3) is 4.21. The molecule has 20 heavy (non-hydrogen) atoms. The zero-order valence-corrected chi connectivity index (χ0v) is 12.9. The molecule has 0 saturated heterocycles. The summed E-state index contributed by atoms with van der Waals surface area (Å²) in [5.74, 6) is 0.859. The lowest BCUT2D eigenvalue weighted by Crippen LogP contribution is -2.41. The Morgan fingerprint density at radius 2 is 2.15 bits per heavy atom. The molecule has 1 aromatic rings. The minimum atomic E-state index is -2.95. The van der Waals surface area contributed by atoms with Crippen molar-refractivity contribution in [2.75, 3.05) is 19.4 Å². The molecule has 4 nitrogen and oxygen atoms in total. The van der Waals surface area contributed by atoms with Gasteiger partial charge in [-0.1, -0.05) is 18.6 Å². The highest BCUT2D eigenvalue weighted by Crippen LogP contribution is 2.24. The number of hydrogen-bond acceptors (Lipinski definition) is 4. The van der Waals surface area contributed by atoms with Crippen molar-refractivity contribution in [1.29, 1.82) is 0 Å². The molecule has 1 saturated carbocycles. The van der Waals surface area contributed by atoms with E-state index in [0.29, 0.717) is 13.2 Å². The molecule has 1 aromatic carbocycles. The minimum Gasteiger partial charge on any atom is -0.492 e. The van der Waals surface area contributed by atoms with Crippen LogP contribution in [0.1, 0.15) is 24.8 Å². The molecule has 0 amide bonds. The first-order chi connectivity index (χ1) is 9.47. The second kappa shape index (κ2) is 6.59. The second-order valence-corrected chi connectivity index (χ2v) is 7.79. The third-order valence-corrected chi connectivity index (χ3v) is 5.43. The van der Waals surface area contributed by atoms with E-state index < -0.39 is 9.84 Å². The zero-order chi connectivity index (χ0) is 14.6. The fraction of sp³-hybridized carbons (Fsp3) is 0.600. The van der Waals surface area contributed by atoms with Crippen LogP contribution in [0, 0.1) is 6.92 Å². The molecule has 0 spiro atoms. The topological polar surface area (TPSA) is 55.4 Å². The van der Waals surface area contributed by atoms with Crippen LogP contribution in [-0.4, -0.2) is 39.1 Å². The highest BCUT2D eigenvalue weighted by atomic mass is 32.2. The van der Waals surface area contributed by atoms with Crippen LogP contribution in [0.25, 0.3) is 0 Å². The van der Waals surface area contributed by atoms with Crippen molar-refractivity contribution >= 4 is 9.84 Å². The van der Waals surface area contributed by atoms with Crippen LogP contribution >= 0.6 is 0 Å². The molecule has 1 fully saturated rings. The van der Waals surface area contributed by atoms with Crippen LogP contribution in [-0.2, 0) is 9.84 Å². The summed E-state index contributed by atoms with van der Waals surface area (Å²) in [5, 5.41) is 3.08. The van der Waals surface area contributed by atoms with Gasteiger partial charge in [0.1, 0.15) is 12.4 Å². The van der Waals surface area contributed by atoms with E-state index in [4.69, 9.17) is 4.74 Å². The molecule has 1 aliphatic carbocycles. The van der Waals surface area contributed by atoms with Gasteiger partial charge in [0.15, 0.2) is 9.84 Å². The van der Waals surface area contributed by atoms with E-state index in [2.05, 4.69) is 5.32 Å². The van der Waals surface area contributed by atoms with E-state index in [0.717, 1.165) is 25.0 Å². The first-order valence-electron chi connectivity index (χ1n) is 7.08. The van der Waals surface area contributed by atoms with Gasteiger partial charge >= 0.3 is 0 Å². The van der Waals surface area contributed by atoms with Crippen LogP contribution in [0.4, 0.5) is 0 Å². The number of aryl methyl sites for hydroxylation is 1. The predicted octanol–water partition coefficient (Wildman–Crippen LogP) is 1.93. The minimum absolute atomic E-state index is 0.0751. The summed E-state index contributed by atoms with van der Waals surface area (Å²) in [6.07, 6.45) is 4.02. The lowest BCUT2D eigenvalue weighted by molar-refractivity contribution is 0.305. The van der Waals surface area contributed by atoms with E-state index in [-0.39, 0.29) is 11.3 Å². The second-order valence-electron chi connectivity index (χ2n) is 5.52. The Hall–Kier alpha value is -1.07. The molecule has 0 aromatic heterocycles. The molecule has 0 bridgehead atoms. The molecule has 5 heteroatoms. The lowest BCUT2D eigenvalue weighted by atomic mass is 10.2. The molecule has 2 rings (SSSR count). The van der Waals surface area contributed by atoms with Crippen LogP contribution in [0.15, 0.2) is 24.3 Å². The average Bonchev–Trinajstić information content (AvgIpc) is 2.83. The van der Waals surface area contributed by atoms with Gasteiger partial charge in [-0.15, -0.1) is 0 Å². The van der Waals surface area contributed by atoms with Crippen molar-refractivity contribution in [3.05, 3.63) is 29.8 Å². The molecule has 0 aliphatic heterocycles. The van der Waals surface area contributed by atoms with Gasteiger partial charge < -0.3 is 10.1 Å². The van der Waals surface area contributed by atoms with Gasteiger partial charge in [-0.2, -0.15) is 0 Å². The normalized spacial score (nSPS) is 22.9. The van der Waals surface area contributed by atoms with Crippen molar-refractivity contribution in [1.82, 2.24) is 5.32 Å². The molecule has 2 atom stereocenters. The van der Waals surface area contributed by atoms with Crippen LogP contribution in [0.5, 0.6) is 5.75 Å². The fourth-order valence-electron chi connectivity index (χ4n) is 2.79. The number of hydrogen-bond donors (Lipinski definition) is 1. The summed E-state index contributed by atoms with van der Waals surface area (Å²) in [4.78, 5) is 0.